The normalized spacial score (nSPS) is 19.6. The van der Waals surface area contributed by atoms with Gasteiger partial charge in [-0.15, -0.1) is 11.8 Å². The Morgan fingerprint density at radius 3 is 3.04 bits per heavy atom. The van der Waals surface area contributed by atoms with Crippen LogP contribution < -0.4 is 5.32 Å². The molecule has 0 spiro atoms. The minimum atomic E-state index is -1.13. The average molecular weight is 365 g/mol. The van der Waals surface area contributed by atoms with Gasteiger partial charge in [0.2, 0.25) is 0 Å². The summed E-state index contributed by atoms with van der Waals surface area (Å²) in [5.41, 5.74) is 1.21. The van der Waals surface area contributed by atoms with Crippen molar-refractivity contribution in [2.45, 2.75) is 18.2 Å². The highest BCUT2D eigenvalue weighted by Gasteiger charge is 2.28. The van der Waals surface area contributed by atoms with Crippen molar-refractivity contribution >= 4 is 29.7 Å². The van der Waals surface area contributed by atoms with Gasteiger partial charge in [0.25, 0.3) is 0 Å². The number of carboxylic acids is 1. The molecule has 1 aromatic rings. The Balaban J connectivity index is 1.86. The van der Waals surface area contributed by atoms with E-state index >= 15 is 0 Å². The summed E-state index contributed by atoms with van der Waals surface area (Å²) < 4.78 is 11.3. The van der Waals surface area contributed by atoms with Gasteiger partial charge in [-0.1, -0.05) is 0 Å². The highest BCUT2D eigenvalue weighted by molar-refractivity contribution is 8.03. The third-order valence-corrected chi connectivity index (χ3v) is 4.82. The fourth-order valence-electron chi connectivity index (χ4n) is 2.48. The van der Waals surface area contributed by atoms with E-state index in [4.69, 9.17) is 14.6 Å². The van der Waals surface area contributed by atoms with E-state index in [0.717, 1.165) is 0 Å². The summed E-state index contributed by atoms with van der Waals surface area (Å²) >= 11 is 1.17. The maximum absolute atomic E-state index is 12.0. The number of aromatic nitrogens is 2. The Morgan fingerprint density at radius 1 is 1.56 bits per heavy atom. The Kier molecular flexibility index (Phi) is 4.79. The van der Waals surface area contributed by atoms with Crippen LogP contribution in [0.2, 0.25) is 0 Å². The first-order chi connectivity index (χ1) is 12.0. The number of nitrogens with one attached hydrogen (secondary N) is 1. The van der Waals surface area contributed by atoms with Gasteiger partial charge in [0.05, 0.1) is 24.9 Å². The highest BCUT2D eigenvalue weighted by atomic mass is 32.2. The number of carboxylic acid groups (broad SMARTS) is 1. The molecule has 0 aromatic carbocycles. The van der Waals surface area contributed by atoms with Crippen molar-refractivity contribution in [1.29, 1.82) is 0 Å². The molecule has 9 nitrogen and oxygen atoms in total. The number of hydrogen-bond donors (Lipinski definition) is 2. The minimum absolute atomic E-state index is 0.0402. The predicted octanol–water partition coefficient (Wildman–Crippen LogP) is 0.284. The lowest BCUT2D eigenvalue weighted by atomic mass is 10.1. The first-order valence-electron chi connectivity index (χ1n) is 7.37. The number of carbonyl (C=O) groups excluding carboxylic acids is 2. The lowest BCUT2D eigenvalue weighted by Crippen LogP contribution is -2.23. The summed E-state index contributed by atoms with van der Waals surface area (Å²) in [4.78, 5) is 34.9. The number of nitrogens with zero attached hydrogens (tertiary/aromatic N) is 2. The lowest BCUT2D eigenvalue weighted by molar-refractivity contribution is -0.136. The topological polar surface area (TPSA) is 120 Å². The van der Waals surface area contributed by atoms with Crippen LogP contribution in [0.15, 0.2) is 28.9 Å². The van der Waals surface area contributed by atoms with Crippen molar-refractivity contribution < 1.29 is 29.0 Å². The SMILES string of the molecule is COC(=O)C1=CNC(C(=O)O)=CSC1Cc1cc2n(n1)CCOC2=O. The second kappa shape index (κ2) is 7.01. The molecule has 0 amide bonds. The van der Waals surface area contributed by atoms with Gasteiger partial charge in [0.1, 0.15) is 18.0 Å². The molecule has 2 N–H and O–H groups in total. The number of esters is 2. The molecule has 0 radical (unpaired) electrons. The van der Waals surface area contributed by atoms with Crippen molar-refractivity contribution in [2.75, 3.05) is 13.7 Å². The van der Waals surface area contributed by atoms with Gasteiger partial charge >= 0.3 is 17.9 Å². The van der Waals surface area contributed by atoms with E-state index in [1.165, 1.54) is 30.5 Å². The molecule has 1 unspecified atom stereocenters. The number of hydrogen-bond acceptors (Lipinski definition) is 8. The Hall–Kier alpha value is -2.75. The van der Waals surface area contributed by atoms with Crippen LogP contribution >= 0.6 is 11.8 Å². The largest absolute Gasteiger partial charge is 0.477 e. The van der Waals surface area contributed by atoms with Gasteiger partial charge in [-0.05, 0) is 6.07 Å². The zero-order chi connectivity index (χ0) is 18.0. The van der Waals surface area contributed by atoms with Gasteiger partial charge < -0.3 is 19.9 Å². The number of cyclic esters (lactones) is 1. The molecule has 132 valence electrons. The Morgan fingerprint density at radius 2 is 2.36 bits per heavy atom. The molecule has 0 saturated heterocycles. The molecule has 0 bridgehead atoms. The van der Waals surface area contributed by atoms with Gasteiger partial charge in [-0.3, -0.25) is 4.68 Å². The van der Waals surface area contributed by atoms with Crippen LogP contribution in [0.4, 0.5) is 0 Å². The smallest absolute Gasteiger partial charge is 0.356 e. The second-order valence-electron chi connectivity index (χ2n) is 5.28. The zero-order valence-electron chi connectivity index (χ0n) is 13.2. The monoisotopic (exact) mass is 365 g/mol. The van der Waals surface area contributed by atoms with Gasteiger partial charge in [0, 0.05) is 23.3 Å². The summed E-state index contributed by atoms with van der Waals surface area (Å²) in [7, 11) is 1.26. The molecular formula is C15H15N3O6S. The van der Waals surface area contributed by atoms with Gasteiger partial charge in [-0.25, -0.2) is 14.4 Å². The van der Waals surface area contributed by atoms with Gasteiger partial charge in [0.15, 0.2) is 0 Å². The van der Waals surface area contributed by atoms with Crippen LogP contribution in [-0.2, 0) is 32.0 Å². The summed E-state index contributed by atoms with van der Waals surface area (Å²) in [6, 6.07) is 1.62. The molecule has 10 heteroatoms. The maximum Gasteiger partial charge on any atom is 0.356 e. The number of thioether (sulfide) groups is 1. The summed E-state index contributed by atoms with van der Waals surface area (Å²) in [6.07, 6.45) is 1.66. The third kappa shape index (κ3) is 3.53. The van der Waals surface area contributed by atoms with E-state index in [9.17, 15) is 14.4 Å². The predicted molar refractivity (Wildman–Crippen MR) is 86.5 cm³/mol. The molecule has 1 atom stereocenters. The molecule has 2 aliphatic rings. The number of fused-ring (bicyclic) bond motifs is 1. The van der Waals surface area contributed by atoms with Crippen molar-refractivity contribution in [2.24, 2.45) is 0 Å². The van der Waals surface area contributed by atoms with Crippen molar-refractivity contribution in [3.05, 3.63) is 40.3 Å². The van der Waals surface area contributed by atoms with Crippen LogP contribution in [0, 0.1) is 0 Å². The maximum atomic E-state index is 12.0. The van der Waals surface area contributed by atoms with Crippen LogP contribution in [0.5, 0.6) is 0 Å². The molecule has 3 heterocycles. The van der Waals surface area contributed by atoms with Crippen LogP contribution in [0.25, 0.3) is 0 Å². The molecule has 2 aliphatic heterocycles. The number of methoxy groups -OCH3 is 1. The Labute approximate surface area is 146 Å². The second-order valence-corrected chi connectivity index (χ2v) is 6.36. The van der Waals surface area contributed by atoms with E-state index < -0.39 is 23.2 Å². The minimum Gasteiger partial charge on any atom is -0.477 e. The fraction of sp³-hybridized carbons (Fsp3) is 0.333. The summed E-state index contributed by atoms with van der Waals surface area (Å²) in [6.45, 7) is 0.746. The third-order valence-electron chi connectivity index (χ3n) is 3.70. The van der Waals surface area contributed by atoms with E-state index in [-0.39, 0.29) is 17.9 Å². The molecule has 0 fully saturated rings. The molecule has 3 rings (SSSR count). The lowest BCUT2D eigenvalue weighted by Gasteiger charge is -2.14. The fourth-order valence-corrected chi connectivity index (χ4v) is 3.52. The number of carbonyl (C=O) groups is 3. The number of aliphatic carboxylic acids is 1. The molecule has 0 saturated carbocycles. The van der Waals surface area contributed by atoms with Crippen LogP contribution in [-0.4, -0.2) is 51.8 Å². The average Bonchev–Trinajstić information content (AvgIpc) is 2.88. The number of ether oxygens (including phenoxy) is 2. The number of rotatable bonds is 4. The molecular weight excluding hydrogens is 350 g/mol. The van der Waals surface area contributed by atoms with E-state index in [0.29, 0.717) is 24.4 Å². The first kappa shape index (κ1) is 17.1. The Bertz CT molecular complexity index is 797. The summed E-state index contributed by atoms with van der Waals surface area (Å²) in [5.74, 6) is -2.13. The van der Waals surface area contributed by atoms with E-state index in [1.807, 2.05) is 0 Å². The van der Waals surface area contributed by atoms with Crippen molar-refractivity contribution in [1.82, 2.24) is 15.1 Å². The quantitative estimate of drug-likeness (QED) is 0.725. The summed E-state index contributed by atoms with van der Waals surface area (Å²) in [5, 5.41) is 17.1. The molecule has 1 aromatic heterocycles. The van der Waals surface area contributed by atoms with Crippen LogP contribution in [0.3, 0.4) is 0 Å². The van der Waals surface area contributed by atoms with E-state index in [1.54, 1.807) is 10.7 Å². The molecule has 0 aliphatic carbocycles. The van der Waals surface area contributed by atoms with Crippen molar-refractivity contribution in [3.63, 3.8) is 0 Å². The van der Waals surface area contributed by atoms with Crippen molar-refractivity contribution in [3.8, 4) is 0 Å². The van der Waals surface area contributed by atoms with E-state index in [2.05, 4.69) is 10.4 Å². The first-order valence-corrected chi connectivity index (χ1v) is 8.31. The van der Waals surface area contributed by atoms with Gasteiger partial charge in [-0.2, -0.15) is 5.10 Å². The molecule has 25 heavy (non-hydrogen) atoms. The standard InChI is InChI=1S/C15H15N3O6S/c1-23-14(21)9-6-16-10(13(19)20)7-25-12(9)5-8-4-11-15(22)24-3-2-18(11)17-8/h4,6-7,12,16H,2-3,5H2,1H3,(H,19,20). The highest BCUT2D eigenvalue weighted by Crippen LogP contribution is 2.28. The zero-order valence-corrected chi connectivity index (χ0v) is 14.0. The van der Waals surface area contributed by atoms with Crippen LogP contribution in [0.1, 0.15) is 16.2 Å².